The van der Waals surface area contributed by atoms with Gasteiger partial charge in [-0.05, 0) is 90.8 Å². The van der Waals surface area contributed by atoms with Gasteiger partial charge < -0.3 is 0 Å². The summed E-state index contributed by atoms with van der Waals surface area (Å²) in [6, 6.07) is 60.8. The van der Waals surface area contributed by atoms with E-state index in [0.717, 1.165) is 106 Å². The number of hydrogen-bond acceptors (Lipinski definition) is 5. The van der Waals surface area contributed by atoms with Crippen molar-refractivity contribution in [3.8, 4) is 89.1 Å². The highest BCUT2D eigenvalue weighted by molar-refractivity contribution is 6.07. The lowest BCUT2D eigenvalue weighted by Gasteiger charge is -2.19. The first kappa shape index (κ1) is 42.1. The van der Waals surface area contributed by atoms with Gasteiger partial charge in [-0.25, -0.2) is 19.9 Å². The smallest absolute Gasteiger partial charge is 0.133 e. The molecular formula is C61H51N5. The molecule has 0 saturated heterocycles. The molecule has 0 fully saturated rings. The van der Waals surface area contributed by atoms with E-state index in [-0.39, 0.29) is 10.8 Å². The van der Waals surface area contributed by atoms with Crippen molar-refractivity contribution >= 4 is 10.8 Å². The van der Waals surface area contributed by atoms with E-state index in [1.54, 1.807) is 0 Å². The highest BCUT2D eigenvalue weighted by atomic mass is 14.9. The third kappa shape index (κ3) is 8.32. The van der Waals surface area contributed by atoms with Crippen LogP contribution >= 0.6 is 0 Å². The Hall–Kier alpha value is -7.89. The molecule has 0 amide bonds. The predicted molar refractivity (Wildman–Crippen MR) is 274 cm³/mol. The number of pyridine rings is 1. The van der Waals surface area contributed by atoms with Crippen LogP contribution in [0.2, 0.25) is 0 Å². The van der Waals surface area contributed by atoms with Crippen LogP contribution in [-0.2, 0) is 10.8 Å². The second kappa shape index (κ2) is 17.2. The first-order valence-corrected chi connectivity index (χ1v) is 22.6. The lowest BCUT2D eigenvalue weighted by Crippen LogP contribution is -2.15. The molecule has 3 heterocycles. The summed E-state index contributed by atoms with van der Waals surface area (Å²) >= 11 is 0. The maximum atomic E-state index is 5.23. The maximum Gasteiger partial charge on any atom is 0.133 e. The molecule has 5 nitrogen and oxygen atoms in total. The average Bonchev–Trinajstić information content (AvgIpc) is 3.36. The number of nitrogens with zero attached hydrogens (tertiary/aromatic N) is 5. The zero-order valence-electron chi connectivity index (χ0n) is 38.3. The molecule has 5 heteroatoms. The van der Waals surface area contributed by atoms with Gasteiger partial charge in [-0.1, -0.05) is 187 Å². The van der Waals surface area contributed by atoms with E-state index in [4.69, 9.17) is 24.9 Å². The Labute approximate surface area is 388 Å². The second-order valence-electron chi connectivity index (χ2n) is 19.0. The molecule has 7 aromatic carbocycles. The molecule has 0 aliphatic rings. The lowest BCUT2D eigenvalue weighted by molar-refractivity contribution is 0.545. The zero-order valence-corrected chi connectivity index (χ0v) is 38.3. The Kier molecular flexibility index (Phi) is 11.0. The van der Waals surface area contributed by atoms with Crippen molar-refractivity contribution in [2.75, 3.05) is 0 Å². The summed E-state index contributed by atoms with van der Waals surface area (Å²) in [6.07, 6.45) is 9.91. The Morgan fingerprint density at radius 3 is 1.08 bits per heavy atom. The molecule has 0 aliphatic heterocycles. The van der Waals surface area contributed by atoms with Crippen LogP contribution in [0, 0.1) is 0 Å². The number of benzene rings is 7. The van der Waals surface area contributed by atoms with E-state index in [1.807, 2.05) is 24.8 Å². The summed E-state index contributed by atoms with van der Waals surface area (Å²) < 4.78 is 0. The van der Waals surface area contributed by atoms with Crippen LogP contribution in [0.4, 0.5) is 0 Å². The molecule has 0 atom stereocenters. The SMILES string of the molecule is CC(C)(C)c1ncc(-c2ccccc2-c2cc(-c3ccccc3-c3cnc(C(C)(C)C)nc3)cc(-c3ccccc3-c3cnc(-c4ccccc4)c4ccc(-c5ccccc5)cc34)c2)cn1. The fourth-order valence-corrected chi connectivity index (χ4v) is 8.84. The first-order chi connectivity index (χ1) is 32.0. The minimum absolute atomic E-state index is 0.161. The molecule has 66 heavy (non-hydrogen) atoms. The second-order valence-corrected chi connectivity index (χ2v) is 19.0. The van der Waals surface area contributed by atoms with Gasteiger partial charge in [-0.3, -0.25) is 4.98 Å². The van der Waals surface area contributed by atoms with Gasteiger partial charge in [0.05, 0.1) is 5.69 Å². The number of rotatable bonds is 8. The van der Waals surface area contributed by atoms with Crippen molar-refractivity contribution in [3.05, 3.63) is 212 Å². The normalized spacial score (nSPS) is 11.8. The van der Waals surface area contributed by atoms with Crippen LogP contribution in [0.5, 0.6) is 0 Å². The van der Waals surface area contributed by atoms with Crippen molar-refractivity contribution in [2.24, 2.45) is 0 Å². The molecule has 0 saturated carbocycles. The molecular weight excluding hydrogens is 803 g/mol. The van der Waals surface area contributed by atoms with Gasteiger partial charge in [-0.2, -0.15) is 0 Å². The third-order valence-electron chi connectivity index (χ3n) is 12.2. The van der Waals surface area contributed by atoms with Gasteiger partial charge in [0.1, 0.15) is 11.6 Å². The summed E-state index contributed by atoms with van der Waals surface area (Å²) in [5.41, 5.74) is 16.8. The quantitative estimate of drug-likeness (QED) is 0.152. The molecule has 0 radical (unpaired) electrons. The molecule has 10 aromatic rings. The van der Waals surface area contributed by atoms with E-state index >= 15 is 0 Å². The summed E-state index contributed by atoms with van der Waals surface area (Å²) in [6.45, 7) is 12.8. The van der Waals surface area contributed by atoms with Crippen LogP contribution in [0.25, 0.3) is 99.9 Å². The lowest BCUT2D eigenvalue weighted by atomic mass is 9.86. The Balaban J connectivity index is 1.20. The molecule has 10 rings (SSSR count). The number of aromatic nitrogens is 5. The van der Waals surface area contributed by atoms with E-state index < -0.39 is 0 Å². The topological polar surface area (TPSA) is 64.5 Å². The molecule has 0 aliphatic carbocycles. The first-order valence-electron chi connectivity index (χ1n) is 22.6. The van der Waals surface area contributed by atoms with Crippen molar-refractivity contribution in [2.45, 2.75) is 52.4 Å². The Morgan fingerprint density at radius 2 is 0.636 bits per heavy atom. The van der Waals surface area contributed by atoms with E-state index in [0.29, 0.717) is 0 Å². The van der Waals surface area contributed by atoms with Crippen molar-refractivity contribution in [1.82, 2.24) is 24.9 Å². The van der Waals surface area contributed by atoms with Gasteiger partial charge in [-0.15, -0.1) is 0 Å². The van der Waals surface area contributed by atoms with Crippen LogP contribution in [0.3, 0.4) is 0 Å². The molecule has 3 aromatic heterocycles. The highest BCUT2D eigenvalue weighted by Crippen LogP contribution is 2.44. The third-order valence-corrected chi connectivity index (χ3v) is 12.2. The minimum Gasteiger partial charge on any atom is -0.255 e. The average molecular weight is 854 g/mol. The van der Waals surface area contributed by atoms with Crippen molar-refractivity contribution in [3.63, 3.8) is 0 Å². The molecule has 0 unspecified atom stereocenters. The van der Waals surface area contributed by atoms with Gasteiger partial charge in [0.2, 0.25) is 0 Å². The van der Waals surface area contributed by atoms with Crippen LogP contribution in [0.1, 0.15) is 53.2 Å². The monoisotopic (exact) mass is 853 g/mol. The summed E-state index contributed by atoms with van der Waals surface area (Å²) in [4.78, 5) is 24.6. The van der Waals surface area contributed by atoms with Crippen LogP contribution < -0.4 is 0 Å². The number of fused-ring (bicyclic) bond motifs is 1. The van der Waals surface area contributed by atoms with E-state index in [1.165, 1.54) is 5.56 Å². The molecule has 320 valence electrons. The standard InChI is InChI=1S/C61H51N5/c1-60(2,3)58-63-35-46(36-64-58)51-26-15-13-23-48(51)43-31-44(49-24-14-16-27-52(49)47-37-65-59(66-38-47)61(4,5)6)33-45(32-43)50-25-17-18-28-53(50)56-39-62-57(41-21-11-8-12-22-41)54-30-29-42(34-55(54)56)40-19-9-7-10-20-40/h7-39H,1-6H3. The predicted octanol–water partition coefficient (Wildman–Crippen LogP) is 15.7. The minimum atomic E-state index is -0.161. The van der Waals surface area contributed by atoms with Crippen molar-refractivity contribution < 1.29 is 0 Å². The van der Waals surface area contributed by atoms with Gasteiger partial charge in [0.25, 0.3) is 0 Å². The maximum absolute atomic E-state index is 5.23. The molecule has 0 spiro atoms. The van der Waals surface area contributed by atoms with Gasteiger partial charge in [0, 0.05) is 69.5 Å². The highest BCUT2D eigenvalue weighted by Gasteiger charge is 2.22. The fraction of sp³-hybridized carbons (Fsp3) is 0.131. The van der Waals surface area contributed by atoms with E-state index in [2.05, 4.69) is 218 Å². The Morgan fingerprint density at radius 1 is 0.258 bits per heavy atom. The largest absolute Gasteiger partial charge is 0.255 e. The molecule has 0 bridgehead atoms. The van der Waals surface area contributed by atoms with Crippen LogP contribution in [-0.4, -0.2) is 24.9 Å². The summed E-state index contributed by atoms with van der Waals surface area (Å²) in [5, 5.41) is 2.24. The summed E-state index contributed by atoms with van der Waals surface area (Å²) in [7, 11) is 0. The molecule has 0 N–H and O–H groups in total. The van der Waals surface area contributed by atoms with Gasteiger partial charge in [0.15, 0.2) is 0 Å². The van der Waals surface area contributed by atoms with E-state index in [9.17, 15) is 0 Å². The zero-order chi connectivity index (χ0) is 45.4. The van der Waals surface area contributed by atoms with Crippen molar-refractivity contribution in [1.29, 1.82) is 0 Å². The summed E-state index contributed by atoms with van der Waals surface area (Å²) in [5.74, 6) is 1.63. The number of hydrogen-bond donors (Lipinski definition) is 0. The Bertz CT molecular complexity index is 3230. The van der Waals surface area contributed by atoms with Gasteiger partial charge >= 0.3 is 0 Å². The fourth-order valence-electron chi connectivity index (χ4n) is 8.84. The van der Waals surface area contributed by atoms with Crippen LogP contribution in [0.15, 0.2) is 201 Å².